The van der Waals surface area contributed by atoms with Crippen LogP contribution in [0.5, 0.6) is 0 Å². The fraction of sp³-hybridized carbons (Fsp3) is 0.800. The Labute approximate surface area is 84.1 Å². The van der Waals surface area contributed by atoms with Crippen LogP contribution < -0.4 is 0 Å². The third kappa shape index (κ3) is 2.08. The molecule has 1 saturated heterocycles. The van der Waals surface area contributed by atoms with Crippen LogP contribution in [0.1, 0.15) is 6.42 Å². The predicted molar refractivity (Wildman–Crippen MR) is 51.9 cm³/mol. The maximum absolute atomic E-state index is 9.95. The molecule has 0 aromatic rings. The summed E-state index contributed by atoms with van der Waals surface area (Å²) in [6, 6.07) is 0. The molecule has 2 heterocycles. The van der Waals surface area contributed by atoms with Crippen molar-refractivity contribution in [1.82, 2.24) is 4.90 Å². The third-order valence-electron chi connectivity index (χ3n) is 2.67. The normalized spacial score (nSPS) is 31.0. The lowest BCUT2D eigenvalue weighted by atomic mass is 10.1. The van der Waals surface area contributed by atoms with E-state index in [0.717, 1.165) is 19.5 Å². The fourth-order valence-electron chi connectivity index (χ4n) is 1.83. The Kier molecular flexibility index (Phi) is 3.05. The standard InChI is InChI=1S/C10H17NO3/c1-11-4-6-14-9(7-11)10(12)8-3-2-5-13-8/h3,9-10,12H,2,4-7H2,1H3. The first kappa shape index (κ1) is 9.96. The van der Waals surface area contributed by atoms with Gasteiger partial charge in [0.05, 0.1) is 13.2 Å². The van der Waals surface area contributed by atoms with Gasteiger partial charge in [-0.2, -0.15) is 0 Å². The highest BCUT2D eigenvalue weighted by atomic mass is 16.5. The second-order valence-corrected chi connectivity index (χ2v) is 3.86. The van der Waals surface area contributed by atoms with E-state index >= 15 is 0 Å². The predicted octanol–water partition coefficient (Wildman–Crippen LogP) is -0.0179. The zero-order valence-corrected chi connectivity index (χ0v) is 8.48. The van der Waals surface area contributed by atoms with Crippen LogP contribution in [-0.4, -0.2) is 55.6 Å². The van der Waals surface area contributed by atoms with E-state index in [0.29, 0.717) is 19.0 Å². The van der Waals surface area contributed by atoms with Gasteiger partial charge >= 0.3 is 0 Å². The summed E-state index contributed by atoms with van der Waals surface area (Å²) in [6.45, 7) is 3.07. The molecule has 0 radical (unpaired) electrons. The molecular weight excluding hydrogens is 182 g/mol. The third-order valence-corrected chi connectivity index (χ3v) is 2.67. The molecule has 2 unspecified atom stereocenters. The largest absolute Gasteiger partial charge is 0.495 e. The van der Waals surface area contributed by atoms with Gasteiger partial charge in [-0.25, -0.2) is 0 Å². The van der Waals surface area contributed by atoms with Crippen molar-refractivity contribution in [1.29, 1.82) is 0 Å². The number of aliphatic hydroxyl groups is 1. The van der Waals surface area contributed by atoms with Gasteiger partial charge < -0.3 is 19.5 Å². The zero-order valence-electron chi connectivity index (χ0n) is 8.48. The van der Waals surface area contributed by atoms with Crippen LogP contribution in [0.4, 0.5) is 0 Å². The quantitative estimate of drug-likeness (QED) is 0.679. The van der Waals surface area contributed by atoms with Gasteiger partial charge in [0.25, 0.3) is 0 Å². The van der Waals surface area contributed by atoms with Gasteiger partial charge in [-0.1, -0.05) is 0 Å². The van der Waals surface area contributed by atoms with Gasteiger partial charge in [-0.15, -0.1) is 0 Å². The number of rotatable bonds is 2. The SMILES string of the molecule is CN1CCOC(C(O)C2=CCCO2)C1. The monoisotopic (exact) mass is 199 g/mol. The van der Waals surface area contributed by atoms with Gasteiger partial charge in [0.15, 0.2) is 0 Å². The highest BCUT2D eigenvalue weighted by Crippen LogP contribution is 2.19. The zero-order chi connectivity index (χ0) is 9.97. The van der Waals surface area contributed by atoms with Crippen LogP contribution in [0.2, 0.25) is 0 Å². The molecule has 2 aliphatic rings. The van der Waals surface area contributed by atoms with Crippen LogP contribution in [0.15, 0.2) is 11.8 Å². The van der Waals surface area contributed by atoms with Crippen molar-refractivity contribution in [2.45, 2.75) is 18.6 Å². The summed E-state index contributed by atoms with van der Waals surface area (Å²) < 4.78 is 10.8. The molecular formula is C10H17NO3. The molecule has 2 aliphatic heterocycles. The van der Waals surface area contributed by atoms with Crippen LogP contribution in [0.3, 0.4) is 0 Å². The van der Waals surface area contributed by atoms with Crippen molar-refractivity contribution in [2.75, 3.05) is 33.4 Å². The second-order valence-electron chi connectivity index (χ2n) is 3.86. The molecule has 14 heavy (non-hydrogen) atoms. The molecule has 0 bridgehead atoms. The van der Waals surface area contributed by atoms with Crippen molar-refractivity contribution in [3.05, 3.63) is 11.8 Å². The molecule has 80 valence electrons. The van der Waals surface area contributed by atoms with E-state index in [1.807, 2.05) is 13.1 Å². The van der Waals surface area contributed by atoms with E-state index in [9.17, 15) is 5.11 Å². The van der Waals surface area contributed by atoms with E-state index in [2.05, 4.69) is 4.90 Å². The summed E-state index contributed by atoms with van der Waals surface area (Å²) in [6.07, 6.45) is 2.11. The van der Waals surface area contributed by atoms with Gasteiger partial charge in [0, 0.05) is 19.5 Å². The number of nitrogens with zero attached hydrogens (tertiary/aromatic N) is 1. The molecule has 0 amide bonds. The maximum atomic E-state index is 9.95. The Morgan fingerprint density at radius 2 is 2.43 bits per heavy atom. The Morgan fingerprint density at radius 3 is 3.07 bits per heavy atom. The first-order chi connectivity index (χ1) is 6.77. The molecule has 2 rings (SSSR count). The molecule has 4 heteroatoms. The van der Waals surface area contributed by atoms with E-state index in [1.54, 1.807) is 0 Å². The summed E-state index contributed by atoms with van der Waals surface area (Å²) >= 11 is 0. The first-order valence-corrected chi connectivity index (χ1v) is 5.08. The molecule has 2 atom stereocenters. The van der Waals surface area contributed by atoms with E-state index in [-0.39, 0.29) is 6.10 Å². The Balaban J connectivity index is 1.92. The first-order valence-electron chi connectivity index (χ1n) is 5.08. The molecule has 4 nitrogen and oxygen atoms in total. The molecule has 1 fully saturated rings. The van der Waals surface area contributed by atoms with Crippen LogP contribution >= 0.6 is 0 Å². The van der Waals surface area contributed by atoms with Crippen molar-refractivity contribution in [2.24, 2.45) is 0 Å². The number of hydrogen-bond donors (Lipinski definition) is 1. The van der Waals surface area contributed by atoms with Crippen molar-refractivity contribution in [3.8, 4) is 0 Å². The highest BCUT2D eigenvalue weighted by molar-refractivity contribution is 5.07. The lowest BCUT2D eigenvalue weighted by Gasteiger charge is -2.32. The number of morpholine rings is 1. The average molecular weight is 199 g/mol. The van der Waals surface area contributed by atoms with Crippen LogP contribution in [-0.2, 0) is 9.47 Å². The average Bonchev–Trinajstić information content (AvgIpc) is 2.69. The Bertz CT molecular complexity index is 229. The lowest BCUT2D eigenvalue weighted by molar-refractivity contribution is -0.0834. The fourth-order valence-corrected chi connectivity index (χ4v) is 1.83. The maximum Gasteiger partial charge on any atom is 0.138 e. The highest BCUT2D eigenvalue weighted by Gasteiger charge is 2.29. The van der Waals surface area contributed by atoms with E-state index in [4.69, 9.17) is 9.47 Å². The summed E-state index contributed by atoms with van der Waals surface area (Å²) in [4.78, 5) is 2.16. The minimum atomic E-state index is -0.597. The Morgan fingerprint density at radius 1 is 1.57 bits per heavy atom. The topological polar surface area (TPSA) is 41.9 Å². The van der Waals surface area contributed by atoms with Gasteiger partial charge in [-0.05, 0) is 13.1 Å². The summed E-state index contributed by atoms with van der Waals surface area (Å²) in [5.74, 6) is 0.685. The molecule has 0 aromatic heterocycles. The van der Waals surface area contributed by atoms with Crippen LogP contribution in [0.25, 0.3) is 0 Å². The molecule has 0 aromatic carbocycles. The van der Waals surface area contributed by atoms with Gasteiger partial charge in [0.1, 0.15) is 18.0 Å². The Hall–Kier alpha value is -0.580. The number of hydrogen-bond acceptors (Lipinski definition) is 4. The summed E-state index contributed by atoms with van der Waals surface area (Å²) in [7, 11) is 2.03. The molecule has 0 aliphatic carbocycles. The number of likely N-dealkylation sites (N-methyl/N-ethyl adjacent to an activating group) is 1. The number of ether oxygens (including phenoxy) is 2. The van der Waals surface area contributed by atoms with Crippen LogP contribution in [0, 0.1) is 0 Å². The summed E-state index contributed by atoms with van der Waals surface area (Å²) in [5.41, 5.74) is 0. The molecule has 1 N–H and O–H groups in total. The van der Waals surface area contributed by atoms with Gasteiger partial charge in [0.2, 0.25) is 0 Å². The second kappa shape index (κ2) is 4.29. The minimum Gasteiger partial charge on any atom is -0.495 e. The molecule has 0 spiro atoms. The van der Waals surface area contributed by atoms with Crippen molar-refractivity contribution in [3.63, 3.8) is 0 Å². The number of aliphatic hydroxyl groups excluding tert-OH is 1. The smallest absolute Gasteiger partial charge is 0.138 e. The van der Waals surface area contributed by atoms with E-state index < -0.39 is 6.10 Å². The van der Waals surface area contributed by atoms with E-state index in [1.165, 1.54) is 0 Å². The van der Waals surface area contributed by atoms with Crippen molar-refractivity contribution >= 4 is 0 Å². The lowest BCUT2D eigenvalue weighted by Crippen LogP contribution is -2.46. The van der Waals surface area contributed by atoms with Gasteiger partial charge in [-0.3, -0.25) is 0 Å². The minimum absolute atomic E-state index is 0.141. The van der Waals surface area contributed by atoms with Crippen molar-refractivity contribution < 1.29 is 14.6 Å². The molecule has 0 saturated carbocycles. The summed E-state index contributed by atoms with van der Waals surface area (Å²) in [5, 5.41) is 9.95.